The van der Waals surface area contributed by atoms with E-state index in [0.29, 0.717) is 16.4 Å². The lowest BCUT2D eigenvalue weighted by atomic mass is 9.89. The summed E-state index contributed by atoms with van der Waals surface area (Å²) in [5.41, 5.74) is 0.445. The second-order valence-corrected chi connectivity index (χ2v) is 9.57. The summed E-state index contributed by atoms with van der Waals surface area (Å²) >= 11 is 5.97. The Bertz CT molecular complexity index is 1040. The smallest absolute Gasteiger partial charge is 0.318 e. The van der Waals surface area contributed by atoms with Crippen molar-refractivity contribution in [1.29, 1.82) is 0 Å². The zero-order valence-electron chi connectivity index (χ0n) is 19.1. The summed E-state index contributed by atoms with van der Waals surface area (Å²) in [6, 6.07) is 8.19. The molecule has 3 amide bonds. The van der Waals surface area contributed by atoms with Gasteiger partial charge in [0.15, 0.2) is 5.69 Å². The van der Waals surface area contributed by atoms with Gasteiger partial charge in [0.1, 0.15) is 0 Å². The first-order valence-electron chi connectivity index (χ1n) is 11.9. The quantitative estimate of drug-likeness (QED) is 0.680. The van der Waals surface area contributed by atoms with E-state index in [1.165, 1.54) is 23.6 Å². The second kappa shape index (κ2) is 10.5. The number of imide groups is 1. The molecule has 1 N–H and O–H groups in total. The van der Waals surface area contributed by atoms with Crippen molar-refractivity contribution < 1.29 is 9.59 Å². The van der Waals surface area contributed by atoms with Gasteiger partial charge in [-0.25, -0.2) is 9.48 Å². The molecule has 2 aromatic rings. The Kier molecular flexibility index (Phi) is 7.48. The molecular formula is C25H31ClN4O3. The zero-order chi connectivity index (χ0) is 23.4. The van der Waals surface area contributed by atoms with Gasteiger partial charge in [0.05, 0.1) is 5.69 Å². The van der Waals surface area contributed by atoms with E-state index in [2.05, 4.69) is 10.4 Å². The number of aryl methyl sites for hydroxylation is 1. The summed E-state index contributed by atoms with van der Waals surface area (Å²) in [6.07, 6.45) is 10.6. The fourth-order valence-corrected chi connectivity index (χ4v) is 5.24. The van der Waals surface area contributed by atoms with E-state index in [1.54, 1.807) is 31.2 Å². The summed E-state index contributed by atoms with van der Waals surface area (Å²) in [5.74, 6) is -0.760. The van der Waals surface area contributed by atoms with Crippen LogP contribution < -0.4 is 10.7 Å². The van der Waals surface area contributed by atoms with Crippen LogP contribution in [0, 0.1) is 6.92 Å². The minimum absolute atomic E-state index is 0.145. The zero-order valence-corrected chi connectivity index (χ0v) is 19.8. The monoisotopic (exact) mass is 470 g/mol. The van der Waals surface area contributed by atoms with Gasteiger partial charge in [0, 0.05) is 28.9 Å². The van der Waals surface area contributed by atoms with Crippen LogP contribution in [0.25, 0.3) is 5.69 Å². The van der Waals surface area contributed by atoms with Crippen LogP contribution in [0.15, 0.2) is 35.1 Å². The molecule has 33 heavy (non-hydrogen) atoms. The maximum Gasteiger partial charge on any atom is 0.324 e. The third kappa shape index (κ3) is 5.46. The molecule has 1 aromatic carbocycles. The van der Waals surface area contributed by atoms with Crippen LogP contribution in [-0.4, -0.2) is 38.7 Å². The summed E-state index contributed by atoms with van der Waals surface area (Å²) in [6.45, 7) is 1.74. The SMILES string of the molecule is Cc1cc(=O)c(C(=O)NC(=O)N(C2CCCCC2)C2CCCCC2)nn1-c1ccc(Cl)cc1. The van der Waals surface area contributed by atoms with Gasteiger partial charge in [0.2, 0.25) is 5.43 Å². The maximum atomic E-state index is 13.3. The van der Waals surface area contributed by atoms with Gasteiger partial charge in [0.25, 0.3) is 5.91 Å². The molecule has 2 aliphatic rings. The summed E-state index contributed by atoms with van der Waals surface area (Å²) in [4.78, 5) is 40.9. The van der Waals surface area contributed by atoms with Crippen molar-refractivity contribution in [2.45, 2.75) is 83.2 Å². The Balaban J connectivity index is 1.57. The fourth-order valence-electron chi connectivity index (χ4n) is 5.12. The Hall–Kier alpha value is -2.67. The Morgan fingerprint density at radius 1 is 0.970 bits per heavy atom. The highest BCUT2D eigenvalue weighted by Gasteiger charge is 2.33. The molecule has 2 saturated carbocycles. The average molecular weight is 471 g/mol. The lowest BCUT2D eigenvalue weighted by Gasteiger charge is -2.41. The lowest BCUT2D eigenvalue weighted by molar-refractivity contribution is 0.0864. The highest BCUT2D eigenvalue weighted by molar-refractivity contribution is 6.30. The number of rotatable bonds is 4. The van der Waals surface area contributed by atoms with Crippen molar-refractivity contribution in [3.8, 4) is 5.69 Å². The number of hydrogen-bond acceptors (Lipinski definition) is 4. The van der Waals surface area contributed by atoms with Crippen molar-refractivity contribution in [3.05, 3.63) is 57.0 Å². The Labute approximate surface area is 199 Å². The number of halogens is 1. The van der Waals surface area contributed by atoms with Gasteiger partial charge in [-0.1, -0.05) is 50.1 Å². The lowest BCUT2D eigenvalue weighted by Crippen LogP contribution is -2.54. The van der Waals surface area contributed by atoms with Crippen LogP contribution in [-0.2, 0) is 0 Å². The topological polar surface area (TPSA) is 84.3 Å². The Morgan fingerprint density at radius 2 is 1.52 bits per heavy atom. The molecule has 1 heterocycles. The number of carbonyl (C=O) groups is 2. The van der Waals surface area contributed by atoms with E-state index in [-0.39, 0.29) is 17.8 Å². The number of aromatic nitrogens is 2. The molecule has 0 spiro atoms. The molecule has 1 aromatic heterocycles. The van der Waals surface area contributed by atoms with Crippen molar-refractivity contribution in [1.82, 2.24) is 20.0 Å². The standard InChI is InChI=1S/C25H31ClN4O3/c1-17-16-22(31)23(28-30(17)21-14-12-18(26)13-15-21)24(32)27-25(33)29(19-8-4-2-5-9-19)20-10-6-3-7-11-20/h12-16,19-20H,2-11H2,1H3,(H,27,32,33). The van der Waals surface area contributed by atoms with Gasteiger partial charge >= 0.3 is 6.03 Å². The largest absolute Gasteiger partial charge is 0.324 e. The first-order chi connectivity index (χ1) is 15.9. The predicted octanol–water partition coefficient (Wildman–Crippen LogP) is 5.01. The molecular weight excluding hydrogens is 440 g/mol. The van der Waals surface area contributed by atoms with Crippen molar-refractivity contribution in [2.75, 3.05) is 0 Å². The minimum Gasteiger partial charge on any atom is -0.318 e. The number of urea groups is 1. The third-order valence-electron chi connectivity index (χ3n) is 6.78. The molecule has 0 atom stereocenters. The van der Waals surface area contributed by atoms with Crippen molar-refractivity contribution >= 4 is 23.5 Å². The van der Waals surface area contributed by atoms with Crippen LogP contribution >= 0.6 is 11.6 Å². The fraction of sp³-hybridized carbons (Fsp3) is 0.520. The number of amides is 3. The molecule has 2 aliphatic carbocycles. The van der Waals surface area contributed by atoms with Gasteiger partial charge in [-0.05, 0) is 56.9 Å². The maximum absolute atomic E-state index is 13.3. The minimum atomic E-state index is -0.760. The van der Waals surface area contributed by atoms with E-state index in [9.17, 15) is 14.4 Å². The molecule has 0 saturated heterocycles. The van der Waals surface area contributed by atoms with Gasteiger partial charge < -0.3 is 4.90 Å². The van der Waals surface area contributed by atoms with Crippen LogP contribution in [0.4, 0.5) is 4.79 Å². The molecule has 2 fully saturated rings. The molecule has 4 rings (SSSR count). The molecule has 176 valence electrons. The summed E-state index contributed by atoms with van der Waals surface area (Å²) < 4.78 is 1.51. The number of nitrogens with zero attached hydrogens (tertiary/aromatic N) is 3. The first kappa shape index (κ1) is 23.5. The average Bonchev–Trinajstić information content (AvgIpc) is 2.81. The highest BCUT2D eigenvalue weighted by atomic mass is 35.5. The molecule has 7 nitrogen and oxygen atoms in total. The predicted molar refractivity (Wildman–Crippen MR) is 128 cm³/mol. The number of carbonyl (C=O) groups excluding carboxylic acids is 2. The highest BCUT2D eigenvalue weighted by Crippen LogP contribution is 2.30. The number of benzene rings is 1. The van der Waals surface area contributed by atoms with Gasteiger partial charge in [-0.3, -0.25) is 14.9 Å². The van der Waals surface area contributed by atoms with Crippen LogP contribution in [0.2, 0.25) is 5.02 Å². The Morgan fingerprint density at radius 3 is 2.06 bits per heavy atom. The van der Waals surface area contributed by atoms with E-state index in [4.69, 9.17) is 11.6 Å². The molecule has 0 bridgehead atoms. The normalized spacial score (nSPS) is 17.5. The molecule has 8 heteroatoms. The van der Waals surface area contributed by atoms with Crippen LogP contribution in [0.1, 0.15) is 80.4 Å². The van der Waals surface area contributed by atoms with E-state index in [1.807, 2.05) is 4.90 Å². The van der Waals surface area contributed by atoms with Gasteiger partial charge in [-0.15, -0.1) is 0 Å². The van der Waals surface area contributed by atoms with E-state index >= 15 is 0 Å². The third-order valence-corrected chi connectivity index (χ3v) is 7.04. The van der Waals surface area contributed by atoms with Crippen molar-refractivity contribution in [3.63, 3.8) is 0 Å². The molecule has 0 aliphatic heterocycles. The van der Waals surface area contributed by atoms with Crippen LogP contribution in [0.5, 0.6) is 0 Å². The number of nitrogens with one attached hydrogen (secondary N) is 1. The van der Waals surface area contributed by atoms with Crippen LogP contribution in [0.3, 0.4) is 0 Å². The van der Waals surface area contributed by atoms with Gasteiger partial charge in [-0.2, -0.15) is 5.10 Å². The number of hydrogen-bond donors (Lipinski definition) is 1. The van der Waals surface area contributed by atoms with Crippen molar-refractivity contribution in [2.24, 2.45) is 0 Å². The van der Waals surface area contributed by atoms with E-state index in [0.717, 1.165) is 51.4 Å². The summed E-state index contributed by atoms with van der Waals surface area (Å²) in [7, 11) is 0. The first-order valence-corrected chi connectivity index (χ1v) is 12.3. The molecule has 0 radical (unpaired) electrons. The van der Waals surface area contributed by atoms with E-state index < -0.39 is 17.4 Å². The molecule has 0 unspecified atom stereocenters. The second-order valence-electron chi connectivity index (χ2n) is 9.14. The summed E-state index contributed by atoms with van der Waals surface area (Å²) in [5, 5.41) is 7.35.